The number of ether oxygens (including phenoxy) is 2. The largest absolute Gasteiger partial charge is 0.492 e. The van der Waals surface area contributed by atoms with Gasteiger partial charge in [0.1, 0.15) is 12.4 Å². The third-order valence-electron chi connectivity index (χ3n) is 3.87. The molecule has 4 nitrogen and oxygen atoms in total. The first-order chi connectivity index (χ1) is 9.43. The Hall–Kier alpha value is -1.10. The molecule has 2 aliphatic heterocycles. The monoisotopic (exact) mass is 262 g/mol. The van der Waals surface area contributed by atoms with Gasteiger partial charge in [-0.1, -0.05) is 12.1 Å². The van der Waals surface area contributed by atoms with Gasteiger partial charge in [-0.2, -0.15) is 0 Å². The van der Waals surface area contributed by atoms with Crippen LogP contribution in [-0.2, 0) is 17.7 Å². The second kappa shape index (κ2) is 6.37. The fourth-order valence-corrected chi connectivity index (χ4v) is 2.74. The average molecular weight is 262 g/mol. The highest BCUT2D eigenvalue weighted by Crippen LogP contribution is 2.25. The van der Waals surface area contributed by atoms with Crippen molar-refractivity contribution >= 4 is 0 Å². The minimum Gasteiger partial charge on any atom is -0.492 e. The molecule has 0 radical (unpaired) electrons. The Morgan fingerprint density at radius 1 is 1.26 bits per heavy atom. The van der Waals surface area contributed by atoms with E-state index >= 15 is 0 Å². The Balaban J connectivity index is 1.54. The molecule has 104 valence electrons. The Morgan fingerprint density at radius 2 is 2.16 bits per heavy atom. The smallest absolute Gasteiger partial charge is 0.122 e. The van der Waals surface area contributed by atoms with Crippen molar-refractivity contribution in [1.29, 1.82) is 0 Å². The second-order valence-corrected chi connectivity index (χ2v) is 5.12. The van der Waals surface area contributed by atoms with E-state index in [-0.39, 0.29) is 0 Å². The van der Waals surface area contributed by atoms with Gasteiger partial charge in [0, 0.05) is 26.2 Å². The van der Waals surface area contributed by atoms with Crippen LogP contribution >= 0.6 is 0 Å². The average Bonchev–Trinajstić information content (AvgIpc) is 2.49. The predicted octanol–water partition coefficient (Wildman–Crippen LogP) is 1.04. The maximum Gasteiger partial charge on any atom is 0.122 e. The van der Waals surface area contributed by atoms with Crippen LogP contribution in [0.15, 0.2) is 18.2 Å². The molecule has 0 bridgehead atoms. The summed E-state index contributed by atoms with van der Waals surface area (Å²) in [6, 6.07) is 6.38. The van der Waals surface area contributed by atoms with Gasteiger partial charge in [-0.15, -0.1) is 0 Å². The number of hydrogen-bond donors (Lipinski definition) is 1. The molecule has 1 aromatic rings. The number of morpholine rings is 1. The van der Waals surface area contributed by atoms with Crippen molar-refractivity contribution in [2.45, 2.75) is 13.0 Å². The van der Waals surface area contributed by atoms with Gasteiger partial charge >= 0.3 is 0 Å². The lowest BCUT2D eigenvalue weighted by atomic mass is 10.0. The van der Waals surface area contributed by atoms with Crippen molar-refractivity contribution in [1.82, 2.24) is 10.2 Å². The Morgan fingerprint density at radius 3 is 3.05 bits per heavy atom. The van der Waals surface area contributed by atoms with Crippen LogP contribution < -0.4 is 10.1 Å². The number of rotatable bonds is 4. The molecule has 0 unspecified atom stereocenters. The minimum absolute atomic E-state index is 0.768. The standard InChI is InChI=1S/C15H22N2O2/c1-2-13-12-16-5-4-14(13)15(3-1)19-11-8-17-6-9-18-10-7-17/h1-3,16H,4-12H2. The second-order valence-electron chi connectivity index (χ2n) is 5.12. The molecule has 2 heterocycles. The zero-order valence-electron chi connectivity index (χ0n) is 11.4. The number of nitrogens with zero attached hydrogens (tertiary/aromatic N) is 1. The zero-order chi connectivity index (χ0) is 12.9. The van der Waals surface area contributed by atoms with Gasteiger partial charge in [-0.25, -0.2) is 0 Å². The maximum atomic E-state index is 6.00. The summed E-state index contributed by atoms with van der Waals surface area (Å²) < 4.78 is 11.3. The zero-order valence-corrected chi connectivity index (χ0v) is 11.4. The summed E-state index contributed by atoms with van der Waals surface area (Å²) in [7, 11) is 0. The maximum absolute atomic E-state index is 6.00. The molecule has 2 aliphatic rings. The molecule has 19 heavy (non-hydrogen) atoms. The summed E-state index contributed by atoms with van der Waals surface area (Å²) in [6.45, 7) is 7.54. The quantitative estimate of drug-likeness (QED) is 0.879. The van der Waals surface area contributed by atoms with Crippen LogP contribution in [0, 0.1) is 0 Å². The third kappa shape index (κ3) is 3.26. The summed E-state index contributed by atoms with van der Waals surface area (Å²) in [5.41, 5.74) is 2.78. The first-order valence-corrected chi connectivity index (χ1v) is 7.18. The number of hydrogen-bond acceptors (Lipinski definition) is 4. The molecule has 1 fully saturated rings. The topological polar surface area (TPSA) is 33.7 Å². The van der Waals surface area contributed by atoms with Crippen LogP contribution in [0.4, 0.5) is 0 Å². The highest BCUT2D eigenvalue weighted by atomic mass is 16.5. The highest BCUT2D eigenvalue weighted by molar-refractivity contribution is 5.41. The lowest BCUT2D eigenvalue weighted by molar-refractivity contribution is 0.0322. The van der Waals surface area contributed by atoms with E-state index in [4.69, 9.17) is 9.47 Å². The summed E-state index contributed by atoms with van der Waals surface area (Å²) >= 11 is 0. The van der Waals surface area contributed by atoms with E-state index in [0.717, 1.165) is 64.7 Å². The first kappa shape index (κ1) is 12.9. The number of fused-ring (bicyclic) bond motifs is 1. The molecular weight excluding hydrogens is 240 g/mol. The SMILES string of the molecule is c1cc2c(c(OCCN3CCOCC3)c1)CCNC2. The fraction of sp³-hybridized carbons (Fsp3) is 0.600. The van der Waals surface area contributed by atoms with Crippen molar-refractivity contribution in [3.63, 3.8) is 0 Å². The van der Waals surface area contributed by atoms with Crippen LogP contribution in [0.5, 0.6) is 5.75 Å². The van der Waals surface area contributed by atoms with Crippen LogP contribution in [-0.4, -0.2) is 50.9 Å². The molecule has 3 rings (SSSR count). The van der Waals surface area contributed by atoms with Gasteiger partial charge in [0.05, 0.1) is 13.2 Å². The van der Waals surface area contributed by atoms with Crippen LogP contribution in [0.3, 0.4) is 0 Å². The molecular formula is C15H22N2O2. The number of benzene rings is 1. The summed E-state index contributed by atoms with van der Waals surface area (Å²) in [5, 5.41) is 3.40. The van der Waals surface area contributed by atoms with Crippen LogP contribution in [0.2, 0.25) is 0 Å². The van der Waals surface area contributed by atoms with Crippen molar-refractivity contribution in [3.8, 4) is 5.75 Å². The van der Waals surface area contributed by atoms with Crippen LogP contribution in [0.1, 0.15) is 11.1 Å². The van der Waals surface area contributed by atoms with Crippen molar-refractivity contribution < 1.29 is 9.47 Å². The van der Waals surface area contributed by atoms with E-state index in [1.807, 2.05) is 0 Å². The molecule has 0 saturated carbocycles. The minimum atomic E-state index is 0.768. The van der Waals surface area contributed by atoms with E-state index in [0.29, 0.717) is 0 Å². The lowest BCUT2D eigenvalue weighted by Crippen LogP contribution is -2.38. The van der Waals surface area contributed by atoms with Gasteiger partial charge in [0.2, 0.25) is 0 Å². The van der Waals surface area contributed by atoms with E-state index in [9.17, 15) is 0 Å². The first-order valence-electron chi connectivity index (χ1n) is 7.18. The molecule has 0 amide bonds. The van der Waals surface area contributed by atoms with Gasteiger partial charge in [-0.3, -0.25) is 4.90 Å². The molecule has 0 aromatic heterocycles. The van der Waals surface area contributed by atoms with Crippen molar-refractivity contribution in [3.05, 3.63) is 29.3 Å². The van der Waals surface area contributed by atoms with E-state index in [1.54, 1.807) is 0 Å². The van der Waals surface area contributed by atoms with E-state index in [2.05, 4.69) is 28.4 Å². The van der Waals surface area contributed by atoms with Crippen LogP contribution in [0.25, 0.3) is 0 Å². The molecule has 1 saturated heterocycles. The van der Waals surface area contributed by atoms with E-state index in [1.165, 1.54) is 11.1 Å². The number of nitrogens with one attached hydrogen (secondary N) is 1. The Labute approximate surface area is 114 Å². The van der Waals surface area contributed by atoms with Crippen molar-refractivity contribution in [2.24, 2.45) is 0 Å². The predicted molar refractivity (Wildman–Crippen MR) is 74.6 cm³/mol. The summed E-state index contributed by atoms with van der Waals surface area (Å²) in [5.74, 6) is 1.08. The highest BCUT2D eigenvalue weighted by Gasteiger charge is 2.14. The van der Waals surface area contributed by atoms with Gasteiger partial charge in [-0.05, 0) is 30.2 Å². The van der Waals surface area contributed by atoms with Gasteiger partial charge < -0.3 is 14.8 Å². The summed E-state index contributed by atoms with van der Waals surface area (Å²) in [4.78, 5) is 2.40. The molecule has 0 atom stereocenters. The van der Waals surface area contributed by atoms with Gasteiger partial charge in [0.25, 0.3) is 0 Å². The molecule has 0 aliphatic carbocycles. The normalized spacial score (nSPS) is 20.0. The Bertz CT molecular complexity index is 417. The summed E-state index contributed by atoms with van der Waals surface area (Å²) in [6.07, 6.45) is 1.07. The molecule has 0 spiro atoms. The third-order valence-corrected chi connectivity index (χ3v) is 3.87. The lowest BCUT2D eigenvalue weighted by Gasteiger charge is -2.27. The van der Waals surface area contributed by atoms with Gasteiger partial charge in [0.15, 0.2) is 0 Å². The van der Waals surface area contributed by atoms with Crippen molar-refractivity contribution in [2.75, 3.05) is 46.0 Å². The fourth-order valence-electron chi connectivity index (χ4n) is 2.74. The Kier molecular flexibility index (Phi) is 4.33. The molecule has 4 heteroatoms. The molecule has 1 aromatic carbocycles. The molecule has 1 N–H and O–H groups in total. The van der Waals surface area contributed by atoms with E-state index < -0.39 is 0 Å².